The largest absolute Gasteiger partial charge is 0.388 e. The van der Waals surface area contributed by atoms with E-state index >= 15 is 0 Å². The third-order valence-corrected chi connectivity index (χ3v) is 2.71. The Balaban J connectivity index is 2.78. The molecule has 2 nitrogen and oxygen atoms in total. The number of benzene rings is 1. The number of halogens is 1. The summed E-state index contributed by atoms with van der Waals surface area (Å²) in [5, 5.41) is 10.1. The van der Waals surface area contributed by atoms with Gasteiger partial charge < -0.3 is 10.8 Å². The number of aliphatic hydroxyl groups is 1. The molecule has 0 bridgehead atoms. The van der Waals surface area contributed by atoms with Crippen molar-refractivity contribution in [3.63, 3.8) is 0 Å². The van der Waals surface area contributed by atoms with Crippen molar-refractivity contribution < 1.29 is 9.50 Å². The molecule has 16 heavy (non-hydrogen) atoms. The Morgan fingerprint density at radius 1 is 1.38 bits per heavy atom. The van der Waals surface area contributed by atoms with E-state index in [-0.39, 0.29) is 11.7 Å². The maximum atomic E-state index is 13.0. The summed E-state index contributed by atoms with van der Waals surface area (Å²) in [5.41, 5.74) is 6.25. The van der Waals surface area contributed by atoms with Crippen molar-refractivity contribution in [2.75, 3.05) is 6.54 Å². The predicted molar refractivity (Wildman–Crippen MR) is 63.4 cm³/mol. The highest BCUT2D eigenvalue weighted by Crippen LogP contribution is 2.26. The number of hydrogen-bond acceptors (Lipinski definition) is 2. The van der Waals surface area contributed by atoms with E-state index in [1.165, 1.54) is 12.1 Å². The molecule has 0 saturated carbocycles. The Labute approximate surface area is 96.3 Å². The molecule has 90 valence electrons. The van der Waals surface area contributed by atoms with E-state index in [1.54, 1.807) is 12.1 Å². The minimum absolute atomic E-state index is 0.0122. The second kappa shape index (κ2) is 5.97. The van der Waals surface area contributed by atoms with Crippen molar-refractivity contribution >= 4 is 0 Å². The van der Waals surface area contributed by atoms with Gasteiger partial charge in [0.15, 0.2) is 0 Å². The second-order valence-electron chi connectivity index (χ2n) is 4.63. The lowest BCUT2D eigenvalue weighted by atomic mass is 9.88. The van der Waals surface area contributed by atoms with E-state index in [1.807, 2.05) is 0 Å². The molecule has 2 atom stereocenters. The van der Waals surface area contributed by atoms with Crippen LogP contribution in [0.25, 0.3) is 0 Å². The minimum atomic E-state index is -0.678. The third-order valence-electron chi connectivity index (χ3n) is 2.71. The number of nitrogens with two attached hydrogens (primary N) is 1. The first-order valence-electron chi connectivity index (χ1n) is 5.68. The summed E-state index contributed by atoms with van der Waals surface area (Å²) in [6, 6.07) is 6.08. The van der Waals surface area contributed by atoms with Crippen LogP contribution in [0.2, 0.25) is 0 Å². The van der Waals surface area contributed by atoms with Gasteiger partial charge in [-0.2, -0.15) is 0 Å². The van der Waals surface area contributed by atoms with Gasteiger partial charge in [0.05, 0.1) is 6.10 Å². The van der Waals surface area contributed by atoms with E-state index < -0.39 is 6.10 Å². The molecule has 3 heteroatoms. The molecule has 0 saturated heterocycles. The van der Waals surface area contributed by atoms with Gasteiger partial charge in [-0.1, -0.05) is 26.0 Å². The topological polar surface area (TPSA) is 46.2 Å². The van der Waals surface area contributed by atoms with Crippen molar-refractivity contribution in [1.82, 2.24) is 0 Å². The summed E-state index contributed by atoms with van der Waals surface area (Å²) in [4.78, 5) is 0. The van der Waals surface area contributed by atoms with Crippen LogP contribution in [-0.2, 0) is 0 Å². The van der Waals surface area contributed by atoms with Gasteiger partial charge in [0.25, 0.3) is 0 Å². The van der Waals surface area contributed by atoms with Crippen molar-refractivity contribution in [1.29, 1.82) is 0 Å². The first-order valence-corrected chi connectivity index (χ1v) is 5.68. The van der Waals surface area contributed by atoms with Crippen LogP contribution in [0.5, 0.6) is 0 Å². The molecular weight excluding hydrogens is 205 g/mol. The zero-order valence-electron chi connectivity index (χ0n) is 9.86. The molecule has 0 fully saturated rings. The van der Waals surface area contributed by atoms with Gasteiger partial charge in [0.1, 0.15) is 5.82 Å². The first-order chi connectivity index (χ1) is 7.54. The van der Waals surface area contributed by atoms with Gasteiger partial charge in [0, 0.05) is 5.92 Å². The van der Waals surface area contributed by atoms with Crippen LogP contribution in [0, 0.1) is 17.7 Å². The van der Waals surface area contributed by atoms with Crippen LogP contribution in [-0.4, -0.2) is 11.7 Å². The van der Waals surface area contributed by atoms with E-state index in [0.29, 0.717) is 18.0 Å². The zero-order chi connectivity index (χ0) is 12.1. The Bertz CT molecular complexity index is 327. The highest BCUT2D eigenvalue weighted by Gasteiger charge is 2.20. The molecule has 1 aromatic carbocycles. The van der Waals surface area contributed by atoms with Gasteiger partial charge in [-0.15, -0.1) is 0 Å². The van der Waals surface area contributed by atoms with Crippen LogP contribution >= 0.6 is 0 Å². The van der Waals surface area contributed by atoms with Crippen molar-refractivity contribution in [2.45, 2.75) is 26.4 Å². The van der Waals surface area contributed by atoms with Gasteiger partial charge in [-0.3, -0.25) is 0 Å². The monoisotopic (exact) mass is 225 g/mol. The molecule has 0 radical (unpaired) electrons. The average molecular weight is 225 g/mol. The molecule has 0 aromatic heterocycles. The summed E-state index contributed by atoms with van der Waals surface area (Å²) < 4.78 is 13.0. The average Bonchev–Trinajstić information content (AvgIpc) is 2.24. The second-order valence-corrected chi connectivity index (χ2v) is 4.63. The van der Waals surface area contributed by atoms with Crippen molar-refractivity contribution in [3.8, 4) is 0 Å². The van der Waals surface area contributed by atoms with Crippen LogP contribution in [0.4, 0.5) is 4.39 Å². The lowest BCUT2D eigenvalue weighted by Crippen LogP contribution is -2.23. The highest BCUT2D eigenvalue weighted by atomic mass is 19.1. The van der Waals surface area contributed by atoms with Crippen LogP contribution in [0.3, 0.4) is 0 Å². The molecule has 1 rings (SSSR count). The molecule has 2 unspecified atom stereocenters. The zero-order valence-corrected chi connectivity index (χ0v) is 9.86. The van der Waals surface area contributed by atoms with Crippen molar-refractivity contribution in [3.05, 3.63) is 35.6 Å². The number of rotatable bonds is 5. The molecule has 1 aromatic rings. The first kappa shape index (κ1) is 13.1. The smallest absolute Gasteiger partial charge is 0.123 e. The lowest BCUT2D eigenvalue weighted by Gasteiger charge is -2.23. The lowest BCUT2D eigenvalue weighted by molar-refractivity contribution is 0.0992. The van der Waals surface area contributed by atoms with Crippen LogP contribution in [0.1, 0.15) is 31.9 Å². The number of hydrogen-bond donors (Lipinski definition) is 2. The Kier molecular flexibility index (Phi) is 4.90. The summed E-state index contributed by atoms with van der Waals surface area (Å²) >= 11 is 0. The molecule has 0 spiro atoms. The Morgan fingerprint density at radius 3 is 2.56 bits per heavy atom. The Morgan fingerprint density at radius 2 is 2.06 bits per heavy atom. The van der Waals surface area contributed by atoms with Crippen molar-refractivity contribution in [2.24, 2.45) is 17.6 Å². The Hall–Kier alpha value is -0.930. The number of aliphatic hydroxyl groups excluding tert-OH is 1. The highest BCUT2D eigenvalue weighted by molar-refractivity contribution is 5.19. The standard InChI is InChI=1S/C13H20FNO/c1-9(2)6-11(8-15)13(16)10-4-3-5-12(14)7-10/h3-5,7,9,11,13,16H,6,8,15H2,1-2H3. The van der Waals surface area contributed by atoms with Crippen LogP contribution in [0.15, 0.2) is 24.3 Å². The quantitative estimate of drug-likeness (QED) is 0.808. The summed E-state index contributed by atoms with van der Waals surface area (Å²) in [5.74, 6) is 0.135. The van der Waals surface area contributed by atoms with E-state index in [9.17, 15) is 9.50 Å². The molecule has 3 N–H and O–H groups in total. The van der Waals surface area contributed by atoms with E-state index in [2.05, 4.69) is 13.8 Å². The minimum Gasteiger partial charge on any atom is -0.388 e. The maximum Gasteiger partial charge on any atom is 0.123 e. The molecular formula is C13H20FNO. The van der Waals surface area contributed by atoms with Crippen LogP contribution < -0.4 is 5.73 Å². The molecule has 0 aliphatic heterocycles. The maximum absolute atomic E-state index is 13.0. The third kappa shape index (κ3) is 3.58. The van der Waals surface area contributed by atoms with Gasteiger partial charge in [0.2, 0.25) is 0 Å². The summed E-state index contributed by atoms with van der Waals surface area (Å²) in [7, 11) is 0. The SMILES string of the molecule is CC(C)CC(CN)C(O)c1cccc(F)c1. The van der Waals surface area contributed by atoms with Gasteiger partial charge >= 0.3 is 0 Å². The van der Waals surface area contributed by atoms with Gasteiger partial charge in [-0.05, 0) is 36.6 Å². The van der Waals surface area contributed by atoms with E-state index in [4.69, 9.17) is 5.73 Å². The molecule has 0 aliphatic rings. The predicted octanol–water partition coefficient (Wildman–Crippen LogP) is 2.48. The summed E-state index contributed by atoms with van der Waals surface area (Å²) in [6.45, 7) is 4.58. The molecule has 0 heterocycles. The fourth-order valence-corrected chi connectivity index (χ4v) is 1.92. The molecule has 0 aliphatic carbocycles. The van der Waals surface area contributed by atoms with Gasteiger partial charge in [-0.25, -0.2) is 4.39 Å². The van der Waals surface area contributed by atoms with E-state index in [0.717, 1.165) is 6.42 Å². The fraction of sp³-hybridized carbons (Fsp3) is 0.538. The molecule has 0 amide bonds. The normalized spacial score (nSPS) is 15.1. The fourth-order valence-electron chi connectivity index (χ4n) is 1.92. The summed E-state index contributed by atoms with van der Waals surface area (Å²) in [6.07, 6.45) is 0.164.